The number of amides is 2. The first kappa shape index (κ1) is 21.6. The molecule has 0 atom stereocenters. The lowest BCUT2D eigenvalue weighted by atomic mass is 10.1. The molecule has 7 nitrogen and oxygen atoms in total. The molecule has 30 heavy (non-hydrogen) atoms. The number of nitrogens with one attached hydrogen (secondary N) is 2. The van der Waals surface area contributed by atoms with Crippen molar-refractivity contribution < 1.29 is 14.0 Å². The number of carbonyl (C=O) groups excluding carboxylic acids is 2. The number of aromatic nitrogens is 3. The van der Waals surface area contributed by atoms with E-state index in [2.05, 4.69) is 20.5 Å². The van der Waals surface area contributed by atoms with Gasteiger partial charge in [-0.05, 0) is 49.6 Å². The zero-order valence-corrected chi connectivity index (χ0v) is 17.8. The van der Waals surface area contributed by atoms with Gasteiger partial charge in [0, 0.05) is 37.2 Å². The second kappa shape index (κ2) is 10.1. The van der Waals surface area contributed by atoms with Crippen molar-refractivity contribution in [1.29, 1.82) is 0 Å². The summed E-state index contributed by atoms with van der Waals surface area (Å²) in [6.45, 7) is 2.04. The molecule has 0 saturated heterocycles. The first-order valence-corrected chi connectivity index (χ1v) is 10.6. The van der Waals surface area contributed by atoms with E-state index in [4.69, 9.17) is 0 Å². The van der Waals surface area contributed by atoms with Crippen molar-refractivity contribution in [3.05, 3.63) is 52.9 Å². The summed E-state index contributed by atoms with van der Waals surface area (Å²) in [7, 11) is 1.75. The molecule has 1 aromatic carbocycles. The van der Waals surface area contributed by atoms with Crippen molar-refractivity contribution in [3.8, 4) is 11.3 Å². The van der Waals surface area contributed by atoms with Gasteiger partial charge in [-0.3, -0.25) is 14.7 Å². The molecule has 158 valence electrons. The Morgan fingerprint density at radius 2 is 1.97 bits per heavy atom. The SMILES string of the molecule is CC(=O)Nc1nc(C(=O)N(C)CCCCCc2cc(-c3ccc(F)cc3)n[nH]2)cs1. The number of H-pyrrole nitrogens is 1. The van der Waals surface area contributed by atoms with Gasteiger partial charge in [0.15, 0.2) is 5.13 Å². The summed E-state index contributed by atoms with van der Waals surface area (Å²) in [6, 6.07) is 8.26. The topological polar surface area (TPSA) is 91.0 Å². The number of benzene rings is 1. The van der Waals surface area contributed by atoms with Crippen LogP contribution in [0.3, 0.4) is 0 Å². The smallest absolute Gasteiger partial charge is 0.273 e. The summed E-state index contributed by atoms with van der Waals surface area (Å²) in [5.74, 6) is -0.625. The molecule has 0 aliphatic carbocycles. The van der Waals surface area contributed by atoms with Crippen LogP contribution in [0.25, 0.3) is 11.3 Å². The highest BCUT2D eigenvalue weighted by Crippen LogP contribution is 2.19. The molecule has 0 spiro atoms. The van der Waals surface area contributed by atoms with Crippen molar-refractivity contribution in [3.63, 3.8) is 0 Å². The predicted molar refractivity (Wildman–Crippen MR) is 115 cm³/mol. The van der Waals surface area contributed by atoms with E-state index in [0.717, 1.165) is 42.6 Å². The van der Waals surface area contributed by atoms with Crippen LogP contribution in [-0.2, 0) is 11.2 Å². The molecule has 0 saturated carbocycles. The van der Waals surface area contributed by atoms with Crippen molar-refractivity contribution in [2.24, 2.45) is 0 Å². The van der Waals surface area contributed by atoms with Gasteiger partial charge in [0.05, 0.1) is 5.69 Å². The first-order valence-electron chi connectivity index (χ1n) is 9.71. The number of anilines is 1. The maximum absolute atomic E-state index is 13.0. The number of rotatable bonds is 9. The molecule has 0 bridgehead atoms. The third kappa shape index (κ3) is 5.96. The van der Waals surface area contributed by atoms with Gasteiger partial charge in [-0.2, -0.15) is 5.10 Å². The highest BCUT2D eigenvalue weighted by atomic mass is 32.1. The Kier molecular flexibility index (Phi) is 7.29. The van der Waals surface area contributed by atoms with Crippen LogP contribution < -0.4 is 5.32 Å². The first-order chi connectivity index (χ1) is 14.4. The lowest BCUT2D eigenvalue weighted by molar-refractivity contribution is -0.114. The number of carbonyl (C=O) groups is 2. The molecule has 0 aliphatic rings. The normalized spacial score (nSPS) is 10.8. The maximum Gasteiger partial charge on any atom is 0.273 e. The molecule has 2 aromatic heterocycles. The fourth-order valence-electron chi connectivity index (χ4n) is 2.98. The summed E-state index contributed by atoms with van der Waals surface area (Å²) in [5.41, 5.74) is 3.06. The highest BCUT2D eigenvalue weighted by Gasteiger charge is 2.15. The van der Waals surface area contributed by atoms with Crippen molar-refractivity contribution in [2.45, 2.75) is 32.6 Å². The molecule has 3 rings (SSSR count). The van der Waals surface area contributed by atoms with Crippen LogP contribution in [0.5, 0.6) is 0 Å². The Morgan fingerprint density at radius 1 is 1.20 bits per heavy atom. The number of nitrogens with zero attached hydrogens (tertiary/aromatic N) is 3. The van der Waals surface area contributed by atoms with Gasteiger partial charge < -0.3 is 10.2 Å². The number of hydrogen-bond donors (Lipinski definition) is 2. The summed E-state index contributed by atoms with van der Waals surface area (Å²) in [4.78, 5) is 29.3. The molecular formula is C21H24FN5O2S. The molecule has 0 fully saturated rings. The molecule has 2 heterocycles. The molecular weight excluding hydrogens is 405 g/mol. The standard InChI is InChI=1S/C21H24FN5O2S/c1-14(28)23-21-24-19(13-30-21)20(29)27(2)11-5-3-4-6-17-12-18(26-25-17)15-7-9-16(22)10-8-15/h7-10,12-13H,3-6,11H2,1-2H3,(H,25,26)(H,23,24,28). The third-order valence-corrected chi connectivity index (χ3v) is 5.32. The molecule has 3 aromatic rings. The Bertz CT molecular complexity index is 999. The van der Waals surface area contributed by atoms with Crippen LogP contribution in [0.15, 0.2) is 35.7 Å². The minimum Gasteiger partial charge on any atom is -0.340 e. The summed E-state index contributed by atoms with van der Waals surface area (Å²) in [6.07, 6.45) is 3.68. The van der Waals surface area contributed by atoms with Gasteiger partial charge in [-0.15, -0.1) is 11.3 Å². The van der Waals surface area contributed by atoms with E-state index in [-0.39, 0.29) is 17.6 Å². The van der Waals surface area contributed by atoms with Crippen molar-refractivity contribution >= 4 is 28.3 Å². The van der Waals surface area contributed by atoms with Crippen LogP contribution in [0.2, 0.25) is 0 Å². The summed E-state index contributed by atoms with van der Waals surface area (Å²) >= 11 is 1.24. The largest absolute Gasteiger partial charge is 0.340 e. The van der Waals surface area contributed by atoms with Crippen LogP contribution in [0.1, 0.15) is 42.4 Å². The number of aryl methyl sites for hydroxylation is 1. The molecule has 9 heteroatoms. The molecule has 0 unspecified atom stereocenters. The monoisotopic (exact) mass is 429 g/mol. The van der Waals surface area contributed by atoms with E-state index in [1.807, 2.05) is 6.07 Å². The minimum atomic E-state index is -0.263. The van der Waals surface area contributed by atoms with Gasteiger partial charge in [-0.1, -0.05) is 6.42 Å². The fourth-order valence-corrected chi connectivity index (χ4v) is 3.71. The van der Waals surface area contributed by atoms with Crippen LogP contribution >= 0.6 is 11.3 Å². The van der Waals surface area contributed by atoms with E-state index in [1.54, 1.807) is 29.5 Å². The Hall–Kier alpha value is -3.07. The number of hydrogen-bond acceptors (Lipinski definition) is 5. The molecule has 2 N–H and O–H groups in total. The zero-order valence-electron chi connectivity index (χ0n) is 16.9. The van der Waals surface area contributed by atoms with Crippen LogP contribution in [-0.4, -0.2) is 45.5 Å². The molecule has 0 aliphatic heterocycles. The summed E-state index contributed by atoms with van der Waals surface area (Å²) < 4.78 is 13.0. The van der Waals surface area contributed by atoms with E-state index < -0.39 is 0 Å². The van der Waals surface area contributed by atoms with Gasteiger partial charge in [-0.25, -0.2) is 9.37 Å². The average molecular weight is 430 g/mol. The lowest BCUT2D eigenvalue weighted by Crippen LogP contribution is -2.28. The third-order valence-electron chi connectivity index (χ3n) is 4.56. The lowest BCUT2D eigenvalue weighted by Gasteiger charge is -2.15. The van der Waals surface area contributed by atoms with Gasteiger partial charge in [0.25, 0.3) is 5.91 Å². The van der Waals surface area contributed by atoms with Crippen LogP contribution in [0, 0.1) is 5.82 Å². The second-order valence-corrected chi connectivity index (χ2v) is 7.90. The Morgan fingerprint density at radius 3 is 2.70 bits per heavy atom. The highest BCUT2D eigenvalue weighted by molar-refractivity contribution is 7.14. The fraction of sp³-hybridized carbons (Fsp3) is 0.333. The predicted octanol–water partition coefficient (Wildman–Crippen LogP) is 4.12. The van der Waals surface area contributed by atoms with E-state index >= 15 is 0 Å². The van der Waals surface area contributed by atoms with E-state index in [9.17, 15) is 14.0 Å². The van der Waals surface area contributed by atoms with Gasteiger partial charge in [0.2, 0.25) is 5.91 Å². The average Bonchev–Trinajstić information content (AvgIpc) is 3.37. The number of unbranched alkanes of at least 4 members (excludes halogenated alkanes) is 2. The Balaban J connectivity index is 1.38. The van der Waals surface area contributed by atoms with E-state index in [0.29, 0.717) is 17.4 Å². The number of thiazole rings is 1. The zero-order chi connectivity index (χ0) is 21.5. The number of aromatic amines is 1. The summed E-state index contributed by atoms with van der Waals surface area (Å²) in [5, 5.41) is 12.0. The number of halogens is 1. The van der Waals surface area contributed by atoms with Crippen molar-refractivity contribution in [2.75, 3.05) is 18.9 Å². The molecule has 0 radical (unpaired) electrons. The van der Waals surface area contributed by atoms with Crippen molar-refractivity contribution in [1.82, 2.24) is 20.1 Å². The molecule has 2 amide bonds. The van der Waals surface area contributed by atoms with Gasteiger partial charge >= 0.3 is 0 Å². The second-order valence-electron chi connectivity index (χ2n) is 7.04. The van der Waals surface area contributed by atoms with Crippen LogP contribution in [0.4, 0.5) is 9.52 Å². The van der Waals surface area contributed by atoms with Gasteiger partial charge in [0.1, 0.15) is 11.5 Å². The maximum atomic E-state index is 13.0. The quantitative estimate of drug-likeness (QED) is 0.501. The Labute approximate surface area is 178 Å². The van der Waals surface area contributed by atoms with E-state index in [1.165, 1.54) is 30.4 Å². The minimum absolute atomic E-state index is 0.152.